The fourth-order valence-corrected chi connectivity index (χ4v) is 3.34. The first-order valence-corrected chi connectivity index (χ1v) is 7.90. The number of fused-ring (bicyclic) bond motifs is 1. The van der Waals surface area contributed by atoms with Crippen molar-refractivity contribution < 1.29 is 22.7 Å². The molecule has 2 aromatic rings. The van der Waals surface area contributed by atoms with Crippen LogP contribution in [0.2, 0.25) is 0 Å². The standard InChI is InChI=1S/C14H14F3N3O2S/c15-14(16,17)22-9-1-2-10-11(7-9)23-13(19-10)20-12(21)8-3-5-18-6-4-8/h1-2,7-8,18H,3-6H2,(H,19,20,21). The number of piperidine rings is 1. The maximum atomic E-state index is 12.2. The lowest BCUT2D eigenvalue weighted by molar-refractivity contribution is -0.274. The van der Waals surface area contributed by atoms with Crippen LogP contribution in [0, 0.1) is 5.92 Å². The molecule has 1 saturated heterocycles. The molecule has 9 heteroatoms. The molecular weight excluding hydrogens is 331 g/mol. The molecular formula is C14H14F3N3O2S. The van der Waals surface area contributed by atoms with Crippen molar-refractivity contribution in [2.75, 3.05) is 18.4 Å². The number of ether oxygens (including phenoxy) is 1. The highest BCUT2D eigenvalue weighted by Gasteiger charge is 2.31. The Morgan fingerprint density at radius 3 is 2.78 bits per heavy atom. The molecule has 2 N–H and O–H groups in total. The van der Waals surface area contributed by atoms with Crippen molar-refractivity contribution in [3.05, 3.63) is 18.2 Å². The first-order chi connectivity index (χ1) is 10.9. The van der Waals surface area contributed by atoms with Gasteiger partial charge in [-0.1, -0.05) is 11.3 Å². The van der Waals surface area contributed by atoms with Crippen LogP contribution in [-0.2, 0) is 4.79 Å². The summed E-state index contributed by atoms with van der Waals surface area (Å²) in [5.74, 6) is -0.463. The van der Waals surface area contributed by atoms with E-state index in [9.17, 15) is 18.0 Å². The van der Waals surface area contributed by atoms with Gasteiger partial charge in [-0.15, -0.1) is 13.2 Å². The number of amides is 1. The third kappa shape index (κ3) is 4.11. The van der Waals surface area contributed by atoms with Gasteiger partial charge in [0.15, 0.2) is 5.13 Å². The first kappa shape index (κ1) is 16.0. The van der Waals surface area contributed by atoms with Gasteiger partial charge in [-0.2, -0.15) is 0 Å². The van der Waals surface area contributed by atoms with E-state index in [2.05, 4.69) is 20.4 Å². The second-order valence-electron chi connectivity index (χ2n) is 5.21. The molecule has 5 nitrogen and oxygen atoms in total. The number of halogens is 3. The van der Waals surface area contributed by atoms with Gasteiger partial charge in [0.25, 0.3) is 0 Å². The van der Waals surface area contributed by atoms with Crippen LogP contribution in [0.5, 0.6) is 5.75 Å². The van der Waals surface area contributed by atoms with Crippen LogP contribution in [0.3, 0.4) is 0 Å². The van der Waals surface area contributed by atoms with E-state index in [4.69, 9.17) is 0 Å². The van der Waals surface area contributed by atoms with Gasteiger partial charge in [-0.05, 0) is 38.1 Å². The Kier molecular flexibility index (Phi) is 4.40. The SMILES string of the molecule is O=C(Nc1nc2ccc(OC(F)(F)F)cc2s1)C1CCNCC1. The van der Waals surface area contributed by atoms with Crippen LogP contribution in [0.25, 0.3) is 10.2 Å². The number of hydrogen-bond acceptors (Lipinski definition) is 5. The smallest absolute Gasteiger partial charge is 0.406 e. The third-order valence-corrected chi connectivity index (χ3v) is 4.47. The lowest BCUT2D eigenvalue weighted by Crippen LogP contribution is -2.34. The Morgan fingerprint density at radius 2 is 2.09 bits per heavy atom. The zero-order chi connectivity index (χ0) is 16.4. The van der Waals surface area contributed by atoms with E-state index in [-0.39, 0.29) is 17.6 Å². The summed E-state index contributed by atoms with van der Waals surface area (Å²) in [5, 5.41) is 6.31. The van der Waals surface area contributed by atoms with E-state index in [1.54, 1.807) is 0 Å². The number of anilines is 1. The average molecular weight is 345 g/mol. The largest absolute Gasteiger partial charge is 0.573 e. The van der Waals surface area contributed by atoms with Crippen LogP contribution >= 0.6 is 11.3 Å². The van der Waals surface area contributed by atoms with Gasteiger partial charge in [0.1, 0.15) is 5.75 Å². The summed E-state index contributed by atoms with van der Waals surface area (Å²) in [6.07, 6.45) is -3.20. The maximum Gasteiger partial charge on any atom is 0.573 e. The molecule has 0 aliphatic carbocycles. The zero-order valence-electron chi connectivity index (χ0n) is 11.9. The van der Waals surface area contributed by atoms with Gasteiger partial charge in [-0.3, -0.25) is 4.79 Å². The highest BCUT2D eigenvalue weighted by Crippen LogP contribution is 2.32. The van der Waals surface area contributed by atoms with Crippen molar-refractivity contribution in [3.63, 3.8) is 0 Å². The van der Waals surface area contributed by atoms with Crippen LogP contribution < -0.4 is 15.4 Å². The maximum absolute atomic E-state index is 12.2. The predicted octanol–water partition coefficient (Wildman–Crippen LogP) is 3.13. The number of benzene rings is 1. The van der Waals surface area contributed by atoms with E-state index < -0.39 is 6.36 Å². The van der Waals surface area contributed by atoms with E-state index in [0.717, 1.165) is 37.3 Å². The van der Waals surface area contributed by atoms with Crippen molar-refractivity contribution in [3.8, 4) is 5.75 Å². The van der Waals surface area contributed by atoms with Crippen molar-refractivity contribution in [2.45, 2.75) is 19.2 Å². The van der Waals surface area contributed by atoms with E-state index >= 15 is 0 Å². The Balaban J connectivity index is 1.73. The van der Waals surface area contributed by atoms with Crippen molar-refractivity contribution in [1.82, 2.24) is 10.3 Å². The normalized spacial score (nSPS) is 16.5. The zero-order valence-corrected chi connectivity index (χ0v) is 12.8. The molecule has 3 rings (SSSR count). The molecule has 1 amide bonds. The molecule has 1 aromatic carbocycles. The molecule has 0 radical (unpaired) electrons. The minimum Gasteiger partial charge on any atom is -0.406 e. The third-order valence-electron chi connectivity index (χ3n) is 3.53. The summed E-state index contributed by atoms with van der Waals surface area (Å²) in [6, 6.07) is 3.90. The first-order valence-electron chi connectivity index (χ1n) is 7.09. The van der Waals surface area contributed by atoms with Gasteiger partial charge < -0.3 is 15.4 Å². The number of thiazole rings is 1. The van der Waals surface area contributed by atoms with Gasteiger partial charge in [0.05, 0.1) is 10.2 Å². The fourth-order valence-electron chi connectivity index (χ4n) is 2.45. The number of nitrogens with one attached hydrogen (secondary N) is 2. The molecule has 0 saturated carbocycles. The van der Waals surface area contributed by atoms with Gasteiger partial charge in [0, 0.05) is 12.0 Å². The van der Waals surface area contributed by atoms with Crippen LogP contribution in [0.4, 0.5) is 18.3 Å². The molecule has 2 heterocycles. The Labute approximate surface area is 133 Å². The molecule has 1 aliphatic heterocycles. The second kappa shape index (κ2) is 6.32. The summed E-state index contributed by atoms with van der Waals surface area (Å²) < 4.78 is 41.1. The monoisotopic (exact) mass is 345 g/mol. The topological polar surface area (TPSA) is 63.2 Å². The number of carbonyl (C=O) groups is 1. The quantitative estimate of drug-likeness (QED) is 0.897. The molecule has 1 aromatic heterocycles. The van der Waals surface area contributed by atoms with Gasteiger partial charge in [0.2, 0.25) is 5.91 Å². The average Bonchev–Trinajstić information content (AvgIpc) is 2.88. The van der Waals surface area contributed by atoms with Crippen LogP contribution in [0.15, 0.2) is 18.2 Å². The van der Waals surface area contributed by atoms with Crippen molar-refractivity contribution >= 4 is 32.6 Å². The highest BCUT2D eigenvalue weighted by atomic mass is 32.1. The molecule has 0 unspecified atom stereocenters. The molecule has 0 spiro atoms. The Hall–Kier alpha value is -1.87. The Morgan fingerprint density at radius 1 is 1.35 bits per heavy atom. The fraction of sp³-hybridized carbons (Fsp3) is 0.429. The van der Waals surface area contributed by atoms with Crippen molar-refractivity contribution in [1.29, 1.82) is 0 Å². The summed E-state index contributed by atoms with van der Waals surface area (Å²) >= 11 is 1.12. The molecule has 1 aliphatic rings. The Bertz CT molecular complexity index is 711. The van der Waals surface area contributed by atoms with Gasteiger partial charge >= 0.3 is 6.36 Å². The molecule has 23 heavy (non-hydrogen) atoms. The summed E-state index contributed by atoms with van der Waals surface area (Å²) in [7, 11) is 0. The minimum atomic E-state index is -4.73. The lowest BCUT2D eigenvalue weighted by atomic mass is 9.97. The summed E-state index contributed by atoms with van der Waals surface area (Å²) in [6.45, 7) is 1.60. The molecule has 1 fully saturated rings. The predicted molar refractivity (Wildman–Crippen MR) is 80.5 cm³/mol. The van der Waals surface area contributed by atoms with Crippen LogP contribution in [0.1, 0.15) is 12.8 Å². The number of rotatable bonds is 3. The van der Waals surface area contributed by atoms with Crippen molar-refractivity contribution in [2.24, 2.45) is 5.92 Å². The number of aromatic nitrogens is 1. The van der Waals surface area contributed by atoms with E-state index in [1.807, 2.05) is 0 Å². The number of alkyl halides is 3. The van der Waals surface area contributed by atoms with E-state index in [1.165, 1.54) is 18.2 Å². The number of carbonyl (C=O) groups excluding carboxylic acids is 1. The van der Waals surface area contributed by atoms with Gasteiger partial charge in [-0.25, -0.2) is 4.98 Å². The van der Waals surface area contributed by atoms with E-state index in [0.29, 0.717) is 15.3 Å². The lowest BCUT2D eigenvalue weighted by Gasteiger charge is -2.20. The molecule has 0 bridgehead atoms. The summed E-state index contributed by atoms with van der Waals surface area (Å²) in [4.78, 5) is 16.4. The van der Waals surface area contributed by atoms with Crippen LogP contribution in [-0.4, -0.2) is 30.3 Å². The summed E-state index contributed by atoms with van der Waals surface area (Å²) in [5.41, 5.74) is 0.519. The highest BCUT2D eigenvalue weighted by molar-refractivity contribution is 7.22. The molecule has 124 valence electrons. The molecule has 0 atom stereocenters. The number of hydrogen-bond donors (Lipinski definition) is 2. The second-order valence-corrected chi connectivity index (χ2v) is 6.24. The number of nitrogens with zero attached hydrogens (tertiary/aromatic N) is 1. The minimum absolute atomic E-state index is 0.0626.